The summed E-state index contributed by atoms with van der Waals surface area (Å²) in [6.45, 7) is 11.6. The maximum Gasteiger partial charge on any atom is 0.234 e. The summed E-state index contributed by atoms with van der Waals surface area (Å²) in [4.78, 5) is 14.6. The minimum atomic E-state index is -0.00998. The van der Waals surface area contributed by atoms with Crippen molar-refractivity contribution in [2.45, 2.75) is 59.2 Å². The highest BCUT2D eigenvalue weighted by atomic mass is 16.2. The maximum absolute atomic E-state index is 12.4. The second kappa shape index (κ2) is 7.93. The predicted octanol–water partition coefficient (Wildman–Crippen LogP) is 1.38. The minimum absolute atomic E-state index is 0.00998. The van der Waals surface area contributed by atoms with Gasteiger partial charge in [0.2, 0.25) is 5.91 Å². The topological polar surface area (TPSA) is 62.2 Å². The van der Waals surface area contributed by atoms with Crippen molar-refractivity contribution in [2.24, 2.45) is 0 Å². The molecule has 0 radical (unpaired) electrons. The van der Waals surface area contributed by atoms with Gasteiger partial charge in [0.15, 0.2) is 0 Å². The van der Waals surface area contributed by atoms with Crippen LogP contribution in [0.5, 0.6) is 0 Å². The van der Waals surface area contributed by atoms with E-state index >= 15 is 0 Å². The zero-order chi connectivity index (χ0) is 17.0. The van der Waals surface area contributed by atoms with Gasteiger partial charge in [-0.15, -0.1) is 0 Å². The third-order valence-electron chi connectivity index (χ3n) is 4.87. The number of amides is 1. The van der Waals surface area contributed by atoms with Crippen LogP contribution in [0.2, 0.25) is 0 Å². The number of aryl methyl sites for hydroxylation is 2. The van der Waals surface area contributed by atoms with Crippen LogP contribution in [-0.4, -0.2) is 53.3 Å². The summed E-state index contributed by atoms with van der Waals surface area (Å²) in [5.74, 6) is 0.0848. The van der Waals surface area contributed by atoms with Gasteiger partial charge >= 0.3 is 0 Å². The average molecular weight is 321 g/mol. The number of aromatic nitrogens is 2. The lowest BCUT2D eigenvalue weighted by molar-refractivity contribution is -0.123. The van der Waals surface area contributed by atoms with Gasteiger partial charge in [0.1, 0.15) is 0 Å². The molecule has 0 saturated carbocycles. The van der Waals surface area contributed by atoms with Crippen molar-refractivity contribution < 1.29 is 4.79 Å². The van der Waals surface area contributed by atoms with Crippen molar-refractivity contribution in [3.63, 3.8) is 0 Å². The maximum atomic E-state index is 12.4. The first-order chi connectivity index (χ1) is 10.9. The molecule has 2 N–H and O–H groups in total. The van der Waals surface area contributed by atoms with Crippen LogP contribution in [0.15, 0.2) is 0 Å². The van der Waals surface area contributed by atoms with Gasteiger partial charge in [-0.05, 0) is 60.7 Å². The van der Waals surface area contributed by atoms with E-state index in [0.717, 1.165) is 49.4 Å². The molecule has 0 bridgehead atoms. The molecule has 2 rings (SSSR count). The first kappa shape index (κ1) is 17.9. The molecule has 1 amide bonds. The van der Waals surface area contributed by atoms with Gasteiger partial charge in [-0.2, -0.15) is 5.10 Å². The number of piperidine rings is 1. The van der Waals surface area contributed by atoms with Crippen molar-refractivity contribution in [1.29, 1.82) is 0 Å². The number of hydrogen-bond donors (Lipinski definition) is 2. The number of carbonyl (C=O) groups excluding carboxylic acids is 1. The molecular formula is C17H31N5O. The van der Waals surface area contributed by atoms with E-state index < -0.39 is 0 Å². The average Bonchev–Trinajstić information content (AvgIpc) is 2.82. The smallest absolute Gasteiger partial charge is 0.234 e. The largest absolute Gasteiger partial charge is 0.348 e. The Bertz CT molecular complexity index is 533. The summed E-state index contributed by atoms with van der Waals surface area (Å²) < 4.78 is 1.99. The lowest BCUT2D eigenvalue weighted by Crippen LogP contribution is -2.45. The summed E-state index contributed by atoms with van der Waals surface area (Å²) >= 11 is 0. The Kier molecular flexibility index (Phi) is 6.18. The molecule has 6 nitrogen and oxygen atoms in total. The summed E-state index contributed by atoms with van der Waals surface area (Å²) in [6.07, 6.45) is 2.22. The van der Waals surface area contributed by atoms with Gasteiger partial charge in [0, 0.05) is 23.8 Å². The van der Waals surface area contributed by atoms with Crippen molar-refractivity contribution in [3.05, 3.63) is 17.0 Å². The lowest BCUT2D eigenvalue weighted by Gasteiger charge is -2.31. The molecule has 23 heavy (non-hydrogen) atoms. The van der Waals surface area contributed by atoms with Crippen molar-refractivity contribution in [1.82, 2.24) is 25.3 Å². The molecule has 0 aromatic carbocycles. The highest BCUT2D eigenvalue weighted by Crippen LogP contribution is 2.21. The van der Waals surface area contributed by atoms with Crippen molar-refractivity contribution in [2.75, 3.05) is 26.7 Å². The third kappa shape index (κ3) is 4.32. The van der Waals surface area contributed by atoms with Crippen LogP contribution in [0.1, 0.15) is 49.7 Å². The predicted molar refractivity (Wildman–Crippen MR) is 92.5 cm³/mol. The van der Waals surface area contributed by atoms with Crippen molar-refractivity contribution in [3.8, 4) is 0 Å². The molecule has 0 aliphatic carbocycles. The van der Waals surface area contributed by atoms with E-state index in [4.69, 9.17) is 0 Å². The number of nitrogens with zero attached hydrogens (tertiary/aromatic N) is 3. The Balaban J connectivity index is 1.93. The Labute approximate surface area is 139 Å². The molecule has 130 valence electrons. The zero-order valence-corrected chi connectivity index (χ0v) is 15.1. The van der Waals surface area contributed by atoms with Crippen LogP contribution in [0.3, 0.4) is 0 Å². The Morgan fingerprint density at radius 2 is 2.09 bits per heavy atom. The standard InChI is InChI=1S/C17H31N5O/c1-6-22-14(4)17(13(3)20-22)12(2)19-16(23)11-21(5)15-7-9-18-10-8-15/h12,15,18H,6-11H2,1-5H3,(H,19,23)/t12-/m0/s1. The summed E-state index contributed by atoms with van der Waals surface area (Å²) in [5.41, 5.74) is 3.29. The summed E-state index contributed by atoms with van der Waals surface area (Å²) in [6, 6.07) is 0.493. The number of likely N-dealkylation sites (N-methyl/N-ethyl adjacent to an activating group) is 1. The molecule has 6 heteroatoms. The van der Waals surface area contributed by atoms with Crippen molar-refractivity contribution >= 4 is 5.91 Å². The molecule has 1 saturated heterocycles. The number of nitrogens with one attached hydrogen (secondary N) is 2. The third-order valence-corrected chi connectivity index (χ3v) is 4.87. The number of carbonyl (C=O) groups is 1. The molecule has 1 atom stereocenters. The fourth-order valence-electron chi connectivity index (χ4n) is 3.61. The fourth-order valence-corrected chi connectivity index (χ4v) is 3.61. The molecule has 2 heterocycles. The second-order valence-electron chi connectivity index (χ2n) is 6.59. The van der Waals surface area contributed by atoms with Gasteiger partial charge in [-0.25, -0.2) is 0 Å². The first-order valence-corrected chi connectivity index (χ1v) is 8.68. The van der Waals surface area contributed by atoms with Gasteiger partial charge < -0.3 is 10.6 Å². The number of rotatable bonds is 6. The van der Waals surface area contributed by atoms with Crippen LogP contribution >= 0.6 is 0 Å². The van der Waals surface area contributed by atoms with Crippen LogP contribution in [0.4, 0.5) is 0 Å². The summed E-state index contributed by atoms with van der Waals surface area (Å²) in [5, 5.41) is 11.0. The molecule has 1 aliphatic rings. The minimum Gasteiger partial charge on any atom is -0.348 e. The van der Waals surface area contributed by atoms with E-state index in [2.05, 4.69) is 34.5 Å². The van der Waals surface area contributed by atoms with E-state index in [0.29, 0.717) is 12.6 Å². The van der Waals surface area contributed by atoms with Gasteiger partial charge in [-0.1, -0.05) is 0 Å². The Morgan fingerprint density at radius 3 is 2.65 bits per heavy atom. The monoisotopic (exact) mass is 321 g/mol. The second-order valence-corrected chi connectivity index (χ2v) is 6.59. The number of hydrogen-bond acceptors (Lipinski definition) is 4. The summed E-state index contributed by atoms with van der Waals surface area (Å²) in [7, 11) is 2.05. The van der Waals surface area contributed by atoms with Gasteiger partial charge in [-0.3, -0.25) is 14.4 Å². The molecule has 1 aliphatic heterocycles. The zero-order valence-electron chi connectivity index (χ0n) is 15.1. The molecule has 1 fully saturated rings. The van der Waals surface area contributed by atoms with E-state index in [-0.39, 0.29) is 11.9 Å². The Morgan fingerprint density at radius 1 is 1.43 bits per heavy atom. The van der Waals surface area contributed by atoms with E-state index in [1.165, 1.54) is 0 Å². The Hall–Kier alpha value is -1.40. The quantitative estimate of drug-likeness (QED) is 0.831. The van der Waals surface area contributed by atoms with Crippen LogP contribution in [0, 0.1) is 13.8 Å². The van der Waals surface area contributed by atoms with Crippen LogP contribution in [-0.2, 0) is 11.3 Å². The van der Waals surface area contributed by atoms with Crippen LogP contribution in [0.25, 0.3) is 0 Å². The molecule has 0 unspecified atom stereocenters. The van der Waals surface area contributed by atoms with E-state index in [1.54, 1.807) is 0 Å². The highest BCUT2D eigenvalue weighted by molar-refractivity contribution is 5.78. The van der Waals surface area contributed by atoms with E-state index in [1.807, 2.05) is 25.6 Å². The van der Waals surface area contributed by atoms with E-state index in [9.17, 15) is 4.79 Å². The van der Waals surface area contributed by atoms with Gasteiger partial charge in [0.05, 0.1) is 18.3 Å². The van der Waals surface area contributed by atoms with Crippen LogP contribution < -0.4 is 10.6 Å². The SMILES string of the molecule is CCn1nc(C)c([C@H](C)NC(=O)CN(C)C2CCNCC2)c1C. The molecular weight excluding hydrogens is 290 g/mol. The fraction of sp³-hybridized carbons (Fsp3) is 0.765. The molecule has 1 aromatic rings. The highest BCUT2D eigenvalue weighted by Gasteiger charge is 2.22. The normalized spacial score (nSPS) is 17.5. The molecule has 0 spiro atoms. The first-order valence-electron chi connectivity index (χ1n) is 8.68. The lowest BCUT2D eigenvalue weighted by atomic mass is 10.0. The van der Waals surface area contributed by atoms with Gasteiger partial charge in [0.25, 0.3) is 0 Å². The molecule has 1 aromatic heterocycles.